The number of rotatable bonds is 10. The number of ether oxygens (including phenoxy) is 1. The largest absolute Gasteiger partial charge is 0.385 e. The number of benzene rings is 2. The summed E-state index contributed by atoms with van der Waals surface area (Å²) in [5.41, 5.74) is 2.65. The molecule has 3 amide bonds. The molecule has 3 heterocycles. The minimum atomic E-state index is -0.663. The highest BCUT2D eigenvalue weighted by atomic mass is 32.2. The molecule has 2 aromatic rings. The molecule has 1 atom stereocenters. The van der Waals surface area contributed by atoms with Crippen LogP contribution in [0.4, 0.5) is 11.4 Å². The van der Waals surface area contributed by atoms with Gasteiger partial charge in [0, 0.05) is 64.1 Å². The van der Waals surface area contributed by atoms with E-state index in [4.69, 9.17) is 9.73 Å². The number of para-hydroxylation sites is 2. The van der Waals surface area contributed by atoms with Crippen LogP contribution in [0, 0.1) is 0 Å². The van der Waals surface area contributed by atoms with E-state index in [0.717, 1.165) is 30.8 Å². The van der Waals surface area contributed by atoms with Crippen LogP contribution in [0.15, 0.2) is 64.6 Å². The van der Waals surface area contributed by atoms with E-state index in [0.29, 0.717) is 49.4 Å². The van der Waals surface area contributed by atoms with E-state index in [1.54, 1.807) is 7.11 Å². The van der Waals surface area contributed by atoms with Crippen LogP contribution in [0.5, 0.6) is 0 Å². The molecule has 3 aliphatic rings. The van der Waals surface area contributed by atoms with E-state index in [9.17, 15) is 14.4 Å². The zero-order chi connectivity index (χ0) is 27.9. The summed E-state index contributed by atoms with van der Waals surface area (Å²) in [4.78, 5) is 54.0. The summed E-state index contributed by atoms with van der Waals surface area (Å²) in [6.07, 6.45) is 1.31. The number of nitrogens with zero attached hydrogens (tertiary/aromatic N) is 5. The Bertz CT molecular complexity index is 1290. The molecule has 0 saturated carbocycles. The number of carbonyl (C=O) groups excluding carboxylic acids is 3. The second kappa shape index (κ2) is 13.1. The predicted molar refractivity (Wildman–Crippen MR) is 157 cm³/mol. The fourth-order valence-corrected chi connectivity index (χ4v) is 5.81. The van der Waals surface area contributed by atoms with Gasteiger partial charge in [0.25, 0.3) is 5.91 Å². The molecule has 1 saturated heterocycles. The molecule has 3 aliphatic heterocycles. The first-order chi connectivity index (χ1) is 19.5. The number of carbonyl (C=O) groups is 3. The number of thioether (sulfide) groups is 1. The van der Waals surface area contributed by atoms with Crippen molar-refractivity contribution >= 4 is 51.9 Å². The van der Waals surface area contributed by atoms with Crippen LogP contribution in [-0.2, 0) is 19.1 Å². The second-order valence-corrected chi connectivity index (χ2v) is 10.7. The van der Waals surface area contributed by atoms with Gasteiger partial charge >= 0.3 is 0 Å². The number of anilines is 1. The molecule has 11 heteroatoms. The smallest absolute Gasteiger partial charge is 0.259 e. The lowest BCUT2D eigenvalue weighted by Gasteiger charge is -2.36. The summed E-state index contributed by atoms with van der Waals surface area (Å²) in [6, 6.07) is 17.1. The van der Waals surface area contributed by atoms with Gasteiger partial charge in [-0.15, -0.1) is 0 Å². The quantitative estimate of drug-likeness (QED) is 0.447. The Morgan fingerprint density at radius 2 is 1.80 bits per heavy atom. The van der Waals surface area contributed by atoms with Crippen molar-refractivity contribution in [2.24, 2.45) is 9.98 Å². The Kier molecular flexibility index (Phi) is 9.12. The van der Waals surface area contributed by atoms with Gasteiger partial charge in [-0.3, -0.25) is 19.4 Å². The van der Waals surface area contributed by atoms with Crippen molar-refractivity contribution < 1.29 is 19.1 Å². The molecule has 0 aromatic heterocycles. The Balaban J connectivity index is 1.19. The predicted octanol–water partition coefficient (Wildman–Crippen LogP) is 2.66. The van der Waals surface area contributed by atoms with Crippen molar-refractivity contribution in [1.29, 1.82) is 0 Å². The van der Waals surface area contributed by atoms with Gasteiger partial charge in [-0.2, -0.15) is 0 Å². The second-order valence-electron chi connectivity index (χ2n) is 9.78. The molecule has 0 radical (unpaired) electrons. The molecule has 5 rings (SSSR count). The summed E-state index contributed by atoms with van der Waals surface area (Å²) in [5.74, 6) is 0.357. The minimum absolute atomic E-state index is 0.0411. The molecule has 1 fully saturated rings. The third-order valence-corrected chi connectivity index (χ3v) is 8.05. The zero-order valence-electron chi connectivity index (χ0n) is 22.6. The van der Waals surface area contributed by atoms with Crippen LogP contribution < -0.4 is 10.2 Å². The first-order valence-corrected chi connectivity index (χ1v) is 14.6. The van der Waals surface area contributed by atoms with E-state index in [-0.39, 0.29) is 29.9 Å². The monoisotopic (exact) mass is 562 g/mol. The van der Waals surface area contributed by atoms with Crippen molar-refractivity contribution in [3.8, 4) is 0 Å². The number of hydrogen-bond donors (Lipinski definition) is 1. The van der Waals surface area contributed by atoms with Crippen LogP contribution in [0.1, 0.15) is 24.8 Å². The highest BCUT2D eigenvalue weighted by Crippen LogP contribution is 2.34. The summed E-state index contributed by atoms with van der Waals surface area (Å²) in [7, 11) is 1.62. The number of aliphatic imine (C=N–C) groups is 2. The fourth-order valence-electron chi connectivity index (χ4n) is 4.98. The van der Waals surface area contributed by atoms with Crippen LogP contribution in [-0.4, -0.2) is 96.8 Å². The Morgan fingerprint density at radius 1 is 1.05 bits per heavy atom. The van der Waals surface area contributed by atoms with Crippen LogP contribution >= 0.6 is 11.8 Å². The molecule has 0 spiro atoms. The van der Waals surface area contributed by atoms with E-state index in [1.165, 1.54) is 16.7 Å². The van der Waals surface area contributed by atoms with Gasteiger partial charge in [0.2, 0.25) is 11.8 Å². The maximum atomic E-state index is 13.5. The van der Waals surface area contributed by atoms with E-state index in [1.807, 2.05) is 47.4 Å². The molecule has 0 unspecified atom stereocenters. The lowest BCUT2D eigenvalue weighted by molar-refractivity contribution is -0.132. The highest BCUT2D eigenvalue weighted by Gasteiger charge is 2.41. The number of piperazine rings is 1. The average Bonchev–Trinajstić information content (AvgIpc) is 3.33. The molecule has 40 heavy (non-hydrogen) atoms. The Labute approximate surface area is 238 Å². The molecule has 1 N–H and O–H groups in total. The summed E-state index contributed by atoms with van der Waals surface area (Å²) < 4.78 is 5.01. The number of amides is 3. The topological polar surface area (TPSA) is 107 Å². The SMILES string of the molecule is COCCCNC(=O)CSC1=Nc2ccccc2C2=N[C@H](CCC(=O)N3CCN(c4ccccc4)CC3)C(=O)N12. The van der Waals surface area contributed by atoms with Gasteiger partial charge in [0.15, 0.2) is 5.17 Å². The number of fused-ring (bicyclic) bond motifs is 3. The van der Waals surface area contributed by atoms with Gasteiger partial charge in [0.05, 0.1) is 11.4 Å². The van der Waals surface area contributed by atoms with E-state index < -0.39 is 6.04 Å². The molecular weight excluding hydrogens is 528 g/mol. The van der Waals surface area contributed by atoms with Crippen molar-refractivity contribution in [3.05, 3.63) is 60.2 Å². The third-order valence-electron chi connectivity index (χ3n) is 7.11. The fraction of sp³-hybridized carbons (Fsp3) is 0.414. The molecule has 10 nitrogen and oxygen atoms in total. The maximum absolute atomic E-state index is 13.5. The van der Waals surface area contributed by atoms with Crippen molar-refractivity contribution in [1.82, 2.24) is 15.1 Å². The first kappa shape index (κ1) is 27.9. The van der Waals surface area contributed by atoms with Crippen LogP contribution in [0.25, 0.3) is 0 Å². The number of methoxy groups -OCH3 is 1. The van der Waals surface area contributed by atoms with Crippen LogP contribution in [0.2, 0.25) is 0 Å². The van der Waals surface area contributed by atoms with E-state index >= 15 is 0 Å². The zero-order valence-corrected chi connectivity index (χ0v) is 23.4. The lowest BCUT2D eigenvalue weighted by atomic mass is 10.1. The normalized spacial score (nSPS) is 18.2. The van der Waals surface area contributed by atoms with Gasteiger partial charge in [-0.1, -0.05) is 42.1 Å². The van der Waals surface area contributed by atoms with Crippen molar-refractivity contribution in [3.63, 3.8) is 0 Å². The third kappa shape index (κ3) is 6.37. The number of hydrogen-bond acceptors (Lipinski definition) is 8. The van der Waals surface area contributed by atoms with Crippen molar-refractivity contribution in [2.75, 3.05) is 57.1 Å². The lowest BCUT2D eigenvalue weighted by Crippen LogP contribution is -2.49. The Hall–Kier alpha value is -3.70. The van der Waals surface area contributed by atoms with Gasteiger partial charge < -0.3 is 19.9 Å². The average molecular weight is 563 g/mol. The van der Waals surface area contributed by atoms with Gasteiger partial charge in [0.1, 0.15) is 11.9 Å². The molecular formula is C29H34N6O4S. The van der Waals surface area contributed by atoms with Crippen molar-refractivity contribution in [2.45, 2.75) is 25.3 Å². The van der Waals surface area contributed by atoms with Gasteiger partial charge in [-0.05, 0) is 37.1 Å². The standard InChI is InChI=1S/C29H34N6O4S/c1-39-19-7-14-30-25(36)20-40-29-32-23-11-6-5-10-22(23)27-31-24(28(38)35(27)29)12-13-26(37)34-17-15-33(16-18-34)21-8-3-2-4-9-21/h2-6,8-11,24H,7,12-20H2,1H3,(H,30,36)/t24-/m1/s1. The van der Waals surface area contributed by atoms with Crippen LogP contribution in [0.3, 0.4) is 0 Å². The number of nitrogens with one attached hydrogen (secondary N) is 1. The number of amidine groups is 2. The first-order valence-electron chi connectivity index (χ1n) is 13.6. The molecule has 0 aliphatic carbocycles. The highest BCUT2D eigenvalue weighted by molar-refractivity contribution is 8.14. The Morgan fingerprint density at radius 3 is 2.58 bits per heavy atom. The van der Waals surface area contributed by atoms with E-state index in [2.05, 4.69) is 27.3 Å². The summed E-state index contributed by atoms with van der Waals surface area (Å²) >= 11 is 1.21. The maximum Gasteiger partial charge on any atom is 0.259 e. The van der Waals surface area contributed by atoms with Gasteiger partial charge in [-0.25, -0.2) is 9.89 Å². The molecule has 2 aromatic carbocycles. The summed E-state index contributed by atoms with van der Waals surface area (Å²) in [6.45, 7) is 3.97. The summed E-state index contributed by atoms with van der Waals surface area (Å²) in [5, 5.41) is 3.29. The molecule has 0 bridgehead atoms. The minimum Gasteiger partial charge on any atom is -0.385 e. The molecule has 210 valence electrons.